The Bertz CT molecular complexity index is 574. The fourth-order valence-electron chi connectivity index (χ4n) is 2.37. The molecule has 2 rings (SSSR count). The number of carboxylic acid groups (broad SMARTS) is 1. The number of benzene rings is 1. The molecule has 2 amide bonds. The Balaban J connectivity index is 1.89. The summed E-state index contributed by atoms with van der Waals surface area (Å²) in [7, 11) is 0. The number of hydrogen-bond donors (Lipinski definition) is 1. The van der Waals surface area contributed by atoms with E-state index < -0.39 is 5.97 Å². The first-order chi connectivity index (χ1) is 10.1. The number of rotatable bonds is 7. The molecule has 0 bridgehead atoms. The van der Waals surface area contributed by atoms with Crippen molar-refractivity contribution in [2.45, 2.75) is 25.7 Å². The number of imide groups is 1. The van der Waals surface area contributed by atoms with E-state index in [1.165, 1.54) is 17.1 Å². The number of carbonyl (C=O) groups is 3. The molecule has 0 spiro atoms. The summed E-state index contributed by atoms with van der Waals surface area (Å²) in [5.41, 5.74) is 2.09. The van der Waals surface area contributed by atoms with Crippen molar-refractivity contribution >= 4 is 17.8 Å². The summed E-state index contributed by atoms with van der Waals surface area (Å²) in [6.45, 7) is 0.387. The fraction of sp³-hybridized carbons (Fsp3) is 0.312. The van der Waals surface area contributed by atoms with E-state index in [1.807, 2.05) is 24.3 Å². The molecular weight excluding hydrogens is 270 g/mol. The summed E-state index contributed by atoms with van der Waals surface area (Å²) in [6, 6.07) is 7.68. The molecule has 1 aromatic carbocycles. The van der Waals surface area contributed by atoms with E-state index in [4.69, 9.17) is 5.11 Å². The third-order valence-electron chi connectivity index (χ3n) is 3.45. The highest BCUT2D eigenvalue weighted by atomic mass is 16.4. The van der Waals surface area contributed by atoms with E-state index in [2.05, 4.69) is 0 Å². The first-order valence-corrected chi connectivity index (χ1v) is 6.90. The zero-order chi connectivity index (χ0) is 15.2. The smallest absolute Gasteiger partial charge is 0.303 e. The second-order valence-electron chi connectivity index (χ2n) is 4.93. The maximum absolute atomic E-state index is 11.4. The van der Waals surface area contributed by atoms with Gasteiger partial charge >= 0.3 is 5.97 Å². The lowest BCUT2D eigenvalue weighted by Crippen LogP contribution is -2.31. The van der Waals surface area contributed by atoms with Gasteiger partial charge in [0.25, 0.3) is 11.8 Å². The summed E-state index contributed by atoms with van der Waals surface area (Å²) < 4.78 is 0. The van der Waals surface area contributed by atoms with Crippen molar-refractivity contribution in [2.24, 2.45) is 0 Å². The average molecular weight is 287 g/mol. The van der Waals surface area contributed by atoms with Gasteiger partial charge in [-0.1, -0.05) is 24.3 Å². The number of carboxylic acids is 1. The monoisotopic (exact) mass is 287 g/mol. The van der Waals surface area contributed by atoms with E-state index >= 15 is 0 Å². The molecule has 0 aliphatic carbocycles. The zero-order valence-electron chi connectivity index (χ0n) is 11.6. The minimum absolute atomic E-state index is 0.101. The van der Waals surface area contributed by atoms with Gasteiger partial charge in [0.05, 0.1) is 0 Å². The molecule has 0 saturated heterocycles. The number of amides is 2. The van der Waals surface area contributed by atoms with Crippen molar-refractivity contribution < 1.29 is 19.5 Å². The quantitative estimate of drug-likeness (QED) is 0.772. The van der Waals surface area contributed by atoms with Crippen molar-refractivity contribution in [2.75, 3.05) is 6.54 Å². The molecule has 0 unspecified atom stereocenters. The highest BCUT2D eigenvalue weighted by Crippen LogP contribution is 2.14. The molecule has 110 valence electrons. The fourth-order valence-corrected chi connectivity index (χ4v) is 2.37. The highest BCUT2D eigenvalue weighted by molar-refractivity contribution is 6.12. The molecule has 0 saturated carbocycles. The van der Waals surface area contributed by atoms with Crippen molar-refractivity contribution in [1.29, 1.82) is 0 Å². The van der Waals surface area contributed by atoms with Crippen molar-refractivity contribution in [1.82, 2.24) is 4.90 Å². The number of aryl methyl sites for hydroxylation is 2. The van der Waals surface area contributed by atoms with Crippen LogP contribution in [0.2, 0.25) is 0 Å². The van der Waals surface area contributed by atoms with E-state index in [-0.39, 0.29) is 18.2 Å². The second kappa shape index (κ2) is 6.83. The lowest BCUT2D eigenvalue weighted by molar-refractivity contribution is -0.138. The summed E-state index contributed by atoms with van der Waals surface area (Å²) in [6.07, 6.45) is 4.54. The molecule has 5 nitrogen and oxygen atoms in total. The highest BCUT2D eigenvalue weighted by Gasteiger charge is 2.22. The molecule has 1 aliphatic rings. The van der Waals surface area contributed by atoms with Crippen LogP contribution in [0.15, 0.2) is 36.4 Å². The van der Waals surface area contributed by atoms with E-state index in [9.17, 15) is 14.4 Å². The second-order valence-corrected chi connectivity index (χ2v) is 4.93. The largest absolute Gasteiger partial charge is 0.481 e. The van der Waals surface area contributed by atoms with Crippen molar-refractivity contribution in [3.63, 3.8) is 0 Å². The lowest BCUT2D eigenvalue weighted by Gasteiger charge is -2.14. The van der Waals surface area contributed by atoms with Gasteiger partial charge in [0, 0.05) is 25.1 Å². The van der Waals surface area contributed by atoms with Gasteiger partial charge in [-0.15, -0.1) is 0 Å². The van der Waals surface area contributed by atoms with Gasteiger partial charge < -0.3 is 5.11 Å². The van der Waals surface area contributed by atoms with Crippen LogP contribution in [0, 0.1) is 0 Å². The Hall–Kier alpha value is -2.43. The molecular formula is C16H17NO4. The first kappa shape index (κ1) is 15.0. The average Bonchev–Trinajstić information content (AvgIpc) is 2.78. The number of carbonyl (C=O) groups excluding carboxylic acids is 2. The Morgan fingerprint density at radius 1 is 1.00 bits per heavy atom. The SMILES string of the molecule is O=C(O)CCc1ccccc1CCCN1C(=O)C=CC1=O. The Labute approximate surface area is 122 Å². The number of aliphatic carboxylic acids is 1. The normalized spacial score (nSPS) is 14.0. The maximum Gasteiger partial charge on any atom is 0.303 e. The first-order valence-electron chi connectivity index (χ1n) is 6.90. The third-order valence-corrected chi connectivity index (χ3v) is 3.45. The maximum atomic E-state index is 11.4. The van der Waals surface area contributed by atoms with E-state index in [0.717, 1.165) is 11.1 Å². The van der Waals surface area contributed by atoms with Gasteiger partial charge in [0.1, 0.15) is 0 Å². The van der Waals surface area contributed by atoms with Crippen LogP contribution in [0.25, 0.3) is 0 Å². The Kier molecular flexibility index (Phi) is 4.87. The van der Waals surface area contributed by atoms with Crippen LogP contribution in [0.5, 0.6) is 0 Å². The minimum atomic E-state index is -0.816. The van der Waals surface area contributed by atoms with Crippen molar-refractivity contribution in [3.05, 3.63) is 47.5 Å². The Morgan fingerprint density at radius 3 is 2.14 bits per heavy atom. The summed E-state index contributed by atoms with van der Waals surface area (Å²) in [5.74, 6) is -1.34. The van der Waals surface area contributed by atoms with Crippen LogP contribution < -0.4 is 0 Å². The van der Waals surface area contributed by atoms with E-state index in [0.29, 0.717) is 25.8 Å². The molecule has 5 heteroatoms. The summed E-state index contributed by atoms with van der Waals surface area (Å²) in [5, 5.41) is 8.76. The molecule has 21 heavy (non-hydrogen) atoms. The van der Waals surface area contributed by atoms with Crippen molar-refractivity contribution in [3.8, 4) is 0 Å². The number of nitrogens with zero attached hydrogens (tertiary/aromatic N) is 1. The van der Waals surface area contributed by atoms with Crippen LogP contribution in [-0.4, -0.2) is 34.3 Å². The minimum Gasteiger partial charge on any atom is -0.481 e. The van der Waals surface area contributed by atoms with Crippen LogP contribution >= 0.6 is 0 Å². The van der Waals surface area contributed by atoms with Gasteiger partial charge in [-0.2, -0.15) is 0 Å². The Morgan fingerprint density at radius 2 is 1.57 bits per heavy atom. The molecule has 1 aromatic rings. The van der Waals surface area contributed by atoms with Crippen LogP contribution in [0.3, 0.4) is 0 Å². The van der Waals surface area contributed by atoms with Crippen LogP contribution in [0.4, 0.5) is 0 Å². The predicted molar refractivity (Wildman–Crippen MR) is 76.6 cm³/mol. The topological polar surface area (TPSA) is 74.7 Å². The van der Waals surface area contributed by atoms with Gasteiger partial charge in [0.2, 0.25) is 0 Å². The van der Waals surface area contributed by atoms with Gasteiger partial charge in [-0.3, -0.25) is 19.3 Å². The molecule has 0 radical (unpaired) electrons. The summed E-state index contributed by atoms with van der Waals surface area (Å²) in [4.78, 5) is 34.7. The summed E-state index contributed by atoms with van der Waals surface area (Å²) >= 11 is 0. The molecule has 0 aromatic heterocycles. The molecule has 0 fully saturated rings. The predicted octanol–water partition coefficient (Wildman–Crippen LogP) is 1.56. The lowest BCUT2D eigenvalue weighted by atomic mass is 9.99. The molecule has 1 aliphatic heterocycles. The number of hydrogen-bond acceptors (Lipinski definition) is 3. The zero-order valence-corrected chi connectivity index (χ0v) is 11.6. The molecule has 0 atom stereocenters. The van der Waals surface area contributed by atoms with E-state index in [1.54, 1.807) is 0 Å². The van der Waals surface area contributed by atoms with Crippen LogP contribution in [-0.2, 0) is 27.2 Å². The molecule has 1 heterocycles. The third kappa shape index (κ3) is 4.02. The van der Waals surface area contributed by atoms with Gasteiger partial charge in [-0.25, -0.2) is 0 Å². The van der Waals surface area contributed by atoms with Crippen LogP contribution in [0.1, 0.15) is 24.0 Å². The van der Waals surface area contributed by atoms with Gasteiger partial charge in [-0.05, 0) is 30.4 Å². The van der Waals surface area contributed by atoms with Gasteiger partial charge in [0.15, 0.2) is 0 Å². The standard InChI is InChI=1S/C16H17NO4/c18-14-8-9-15(19)17(14)11-3-6-12-4-1-2-5-13(12)7-10-16(20)21/h1-2,4-5,8-9H,3,6-7,10-11H2,(H,20,21). The molecule has 1 N–H and O–H groups in total.